The van der Waals surface area contributed by atoms with E-state index in [9.17, 15) is 0 Å². The van der Waals surface area contributed by atoms with E-state index in [2.05, 4.69) is 34.6 Å². The molecule has 0 heterocycles. The van der Waals surface area contributed by atoms with E-state index in [-0.39, 0.29) is 17.1 Å². The van der Waals surface area contributed by atoms with Crippen LogP contribution in [0.1, 0.15) is 79.6 Å². The van der Waals surface area contributed by atoms with Crippen LogP contribution in [-0.4, -0.2) is 18.2 Å². The molecular formula is C16H40N4. The van der Waals surface area contributed by atoms with Gasteiger partial charge in [0, 0.05) is 5.54 Å². The first-order chi connectivity index (χ1) is 9.08. The zero-order chi connectivity index (χ0) is 16.2. The van der Waals surface area contributed by atoms with E-state index in [1.165, 1.54) is 25.7 Å². The Morgan fingerprint density at radius 3 is 1.80 bits per heavy atom. The fourth-order valence-corrected chi connectivity index (χ4v) is 1.66. The van der Waals surface area contributed by atoms with Gasteiger partial charge >= 0.3 is 0 Å². The van der Waals surface area contributed by atoms with Crippen LogP contribution >= 0.6 is 0 Å². The van der Waals surface area contributed by atoms with Gasteiger partial charge in [-0.05, 0) is 45.1 Å². The van der Waals surface area contributed by atoms with Crippen LogP contribution in [0, 0.1) is 5.41 Å². The first-order valence-electron chi connectivity index (χ1n) is 8.08. The van der Waals surface area contributed by atoms with Crippen molar-refractivity contribution >= 4 is 0 Å². The molecule has 4 nitrogen and oxygen atoms in total. The molecule has 0 rings (SSSR count). The summed E-state index contributed by atoms with van der Waals surface area (Å²) in [6.45, 7) is 11.6. The van der Waals surface area contributed by atoms with Gasteiger partial charge in [0.05, 0.1) is 6.17 Å². The highest BCUT2D eigenvalue weighted by Crippen LogP contribution is 2.33. The zero-order valence-corrected chi connectivity index (χ0v) is 14.5. The number of rotatable bonds is 9. The van der Waals surface area contributed by atoms with Crippen LogP contribution in [0.4, 0.5) is 0 Å². The molecule has 0 aromatic rings. The lowest BCUT2D eigenvalue weighted by Gasteiger charge is -2.38. The molecule has 0 aliphatic rings. The molecule has 0 aromatic carbocycles. The third-order valence-electron chi connectivity index (χ3n) is 4.14. The molecule has 0 spiro atoms. The standard InChI is InChI=1S/C10H24N2.C6H16N2/c1-9(2,10(3,4)12)7-5-6-8-11;1-2-3-4-5-6(7)8/h5-8,11-12H2,1-4H3;6H,2-5,7-8H2,1H3. The third kappa shape index (κ3) is 12.9. The quantitative estimate of drug-likeness (QED) is 0.387. The predicted octanol–water partition coefficient (Wildman–Crippen LogP) is 2.69. The van der Waals surface area contributed by atoms with Crippen LogP contribution < -0.4 is 22.9 Å². The van der Waals surface area contributed by atoms with E-state index >= 15 is 0 Å². The topological polar surface area (TPSA) is 104 Å². The molecule has 0 fully saturated rings. The maximum atomic E-state index is 6.06. The van der Waals surface area contributed by atoms with Gasteiger partial charge in [-0.25, -0.2) is 0 Å². The molecule has 0 aromatic heterocycles. The summed E-state index contributed by atoms with van der Waals surface area (Å²) in [5.41, 5.74) is 22.2. The smallest absolute Gasteiger partial charge is 0.0520 e. The Balaban J connectivity index is 0. The average molecular weight is 289 g/mol. The van der Waals surface area contributed by atoms with E-state index < -0.39 is 0 Å². The molecule has 0 radical (unpaired) electrons. The van der Waals surface area contributed by atoms with Crippen LogP contribution in [-0.2, 0) is 0 Å². The Hall–Kier alpha value is -0.160. The van der Waals surface area contributed by atoms with Crippen LogP contribution in [0.15, 0.2) is 0 Å². The maximum Gasteiger partial charge on any atom is 0.0520 e. The second-order valence-corrected chi connectivity index (χ2v) is 7.01. The molecule has 0 saturated heterocycles. The van der Waals surface area contributed by atoms with Gasteiger partial charge in [0.2, 0.25) is 0 Å². The average Bonchev–Trinajstić information content (AvgIpc) is 2.28. The van der Waals surface area contributed by atoms with E-state index in [0.717, 1.165) is 25.8 Å². The molecule has 20 heavy (non-hydrogen) atoms. The van der Waals surface area contributed by atoms with Gasteiger partial charge in [-0.2, -0.15) is 0 Å². The molecule has 0 atom stereocenters. The molecule has 0 bridgehead atoms. The van der Waals surface area contributed by atoms with Crippen molar-refractivity contribution in [2.45, 2.75) is 91.3 Å². The first kappa shape index (κ1) is 22.1. The molecule has 0 aliphatic heterocycles. The van der Waals surface area contributed by atoms with Crippen molar-refractivity contribution in [1.29, 1.82) is 0 Å². The minimum absolute atomic E-state index is 0.0956. The number of hydrogen-bond acceptors (Lipinski definition) is 4. The molecule has 0 unspecified atom stereocenters. The van der Waals surface area contributed by atoms with Gasteiger partial charge in [0.1, 0.15) is 0 Å². The Bertz CT molecular complexity index is 207. The highest BCUT2D eigenvalue weighted by Gasteiger charge is 2.32. The van der Waals surface area contributed by atoms with Gasteiger partial charge in [0.15, 0.2) is 0 Å². The largest absolute Gasteiger partial charge is 0.330 e. The lowest BCUT2D eigenvalue weighted by atomic mass is 9.72. The summed E-state index contributed by atoms with van der Waals surface area (Å²) < 4.78 is 0. The summed E-state index contributed by atoms with van der Waals surface area (Å²) in [7, 11) is 0. The second kappa shape index (κ2) is 11.5. The van der Waals surface area contributed by atoms with Crippen molar-refractivity contribution in [1.82, 2.24) is 0 Å². The lowest BCUT2D eigenvalue weighted by Crippen LogP contribution is -2.47. The minimum Gasteiger partial charge on any atom is -0.330 e. The second-order valence-electron chi connectivity index (χ2n) is 7.01. The van der Waals surface area contributed by atoms with E-state index in [1.54, 1.807) is 0 Å². The Morgan fingerprint density at radius 1 is 0.900 bits per heavy atom. The van der Waals surface area contributed by atoms with Crippen LogP contribution in [0.2, 0.25) is 0 Å². The summed E-state index contributed by atoms with van der Waals surface area (Å²) in [6, 6.07) is 0. The summed E-state index contributed by atoms with van der Waals surface area (Å²) >= 11 is 0. The molecule has 124 valence electrons. The number of hydrogen-bond donors (Lipinski definition) is 4. The highest BCUT2D eigenvalue weighted by molar-refractivity contribution is 4.89. The molecule has 4 heteroatoms. The molecule has 8 N–H and O–H groups in total. The Labute approximate surface area is 127 Å². The number of unbranched alkanes of at least 4 members (excludes halogenated alkanes) is 3. The maximum absolute atomic E-state index is 6.06. The molecular weight excluding hydrogens is 248 g/mol. The van der Waals surface area contributed by atoms with Gasteiger partial charge < -0.3 is 22.9 Å². The van der Waals surface area contributed by atoms with Crippen molar-refractivity contribution in [3.8, 4) is 0 Å². The third-order valence-corrected chi connectivity index (χ3v) is 4.14. The summed E-state index contributed by atoms with van der Waals surface area (Å²) in [6.07, 6.45) is 8.00. The monoisotopic (exact) mass is 288 g/mol. The van der Waals surface area contributed by atoms with Crippen molar-refractivity contribution in [3.05, 3.63) is 0 Å². The Morgan fingerprint density at radius 2 is 1.45 bits per heavy atom. The molecule has 0 aliphatic carbocycles. The van der Waals surface area contributed by atoms with Gasteiger partial charge in [-0.3, -0.25) is 0 Å². The molecule has 0 saturated carbocycles. The molecule has 0 amide bonds. The van der Waals surface area contributed by atoms with Crippen molar-refractivity contribution in [2.24, 2.45) is 28.3 Å². The number of nitrogens with two attached hydrogens (primary N) is 4. The normalized spacial score (nSPS) is 12.3. The van der Waals surface area contributed by atoms with E-state index in [0.29, 0.717) is 0 Å². The van der Waals surface area contributed by atoms with Gasteiger partial charge in [-0.1, -0.05) is 46.5 Å². The van der Waals surface area contributed by atoms with E-state index in [1.807, 2.05) is 0 Å². The van der Waals surface area contributed by atoms with Crippen molar-refractivity contribution < 1.29 is 0 Å². The SMILES string of the molecule is CC(C)(N)C(C)(C)CCCCN.CCCCCC(N)N. The van der Waals surface area contributed by atoms with Gasteiger partial charge in [0.25, 0.3) is 0 Å². The predicted molar refractivity (Wildman–Crippen MR) is 91.3 cm³/mol. The summed E-state index contributed by atoms with van der Waals surface area (Å²) in [5, 5.41) is 0. The Kier molecular flexibility index (Phi) is 12.7. The fraction of sp³-hybridized carbons (Fsp3) is 1.00. The van der Waals surface area contributed by atoms with E-state index in [4.69, 9.17) is 22.9 Å². The van der Waals surface area contributed by atoms with Gasteiger partial charge in [-0.15, -0.1) is 0 Å². The van der Waals surface area contributed by atoms with Crippen molar-refractivity contribution in [3.63, 3.8) is 0 Å². The van der Waals surface area contributed by atoms with Crippen LogP contribution in [0.25, 0.3) is 0 Å². The van der Waals surface area contributed by atoms with Crippen LogP contribution in [0.3, 0.4) is 0 Å². The lowest BCUT2D eigenvalue weighted by molar-refractivity contribution is 0.181. The first-order valence-corrected chi connectivity index (χ1v) is 8.08. The highest BCUT2D eigenvalue weighted by atomic mass is 14.8. The van der Waals surface area contributed by atoms with Crippen molar-refractivity contribution in [2.75, 3.05) is 6.54 Å². The summed E-state index contributed by atoms with van der Waals surface area (Å²) in [4.78, 5) is 0. The zero-order valence-electron chi connectivity index (χ0n) is 14.5. The minimum atomic E-state index is -0.0958. The summed E-state index contributed by atoms with van der Waals surface area (Å²) in [5.74, 6) is 0. The van der Waals surface area contributed by atoms with Crippen LogP contribution in [0.5, 0.6) is 0 Å². The fourth-order valence-electron chi connectivity index (χ4n) is 1.66.